The second kappa shape index (κ2) is 7.26. The highest BCUT2D eigenvalue weighted by molar-refractivity contribution is 7.81. The average Bonchev–Trinajstić information content (AvgIpc) is 2.90. The van der Waals surface area contributed by atoms with Crippen LogP contribution in [0.25, 0.3) is 0 Å². The normalized spacial score (nSPS) is 18.5. The van der Waals surface area contributed by atoms with Gasteiger partial charge in [0.2, 0.25) is 0 Å². The van der Waals surface area contributed by atoms with Crippen molar-refractivity contribution >= 4 is 30.2 Å². The van der Waals surface area contributed by atoms with Gasteiger partial charge in [-0.05, 0) is 18.4 Å². The minimum atomic E-state index is -1.21. The van der Waals surface area contributed by atoms with Gasteiger partial charge in [0.05, 0.1) is 4.92 Å². The molecule has 1 amide bonds. The number of rotatable bonds is 4. The van der Waals surface area contributed by atoms with E-state index in [9.17, 15) is 14.9 Å². The number of nitro groups is 1. The van der Waals surface area contributed by atoms with Crippen molar-refractivity contribution in [2.75, 3.05) is 13.1 Å². The van der Waals surface area contributed by atoms with E-state index in [-0.39, 0.29) is 10.9 Å². The van der Waals surface area contributed by atoms with Gasteiger partial charge in [-0.1, -0.05) is 12.1 Å². The molecule has 2 rings (SSSR count). The van der Waals surface area contributed by atoms with E-state index in [0.717, 1.165) is 18.5 Å². The smallest absolute Gasteiger partial charge is 0.432 e. The molecule has 0 unspecified atom stereocenters. The van der Waals surface area contributed by atoms with E-state index in [1.165, 1.54) is 12.1 Å². The van der Waals surface area contributed by atoms with Crippen LogP contribution >= 0.6 is 12.6 Å². The molecule has 0 aromatic heterocycles. The van der Waals surface area contributed by atoms with Crippen molar-refractivity contribution in [1.29, 1.82) is 0 Å². The van der Waals surface area contributed by atoms with Gasteiger partial charge in [0.25, 0.3) is 5.69 Å². The average molecular weight is 323 g/mol. The fourth-order valence-corrected chi connectivity index (χ4v) is 2.72. The van der Waals surface area contributed by atoms with Gasteiger partial charge in [0, 0.05) is 36.9 Å². The number of thiol groups is 1. The minimum absolute atomic E-state index is 0.0423. The lowest BCUT2D eigenvalue weighted by Crippen LogP contribution is -2.30. The van der Waals surface area contributed by atoms with Gasteiger partial charge in [-0.3, -0.25) is 10.1 Å². The van der Waals surface area contributed by atoms with Gasteiger partial charge in [-0.25, -0.2) is 4.79 Å². The molecule has 0 spiro atoms. The predicted octanol–water partition coefficient (Wildman–Crippen LogP) is 2.61. The van der Waals surface area contributed by atoms with Gasteiger partial charge >= 0.3 is 6.09 Å². The first-order chi connectivity index (χ1) is 10.5. The van der Waals surface area contributed by atoms with Crippen LogP contribution in [0.3, 0.4) is 0 Å². The monoisotopic (exact) mass is 323 g/mol. The molecule has 8 heteroatoms. The van der Waals surface area contributed by atoms with Crippen molar-refractivity contribution < 1.29 is 14.8 Å². The van der Waals surface area contributed by atoms with Crippen molar-refractivity contribution in [3.05, 3.63) is 39.9 Å². The molecule has 1 aliphatic heterocycles. The molecule has 1 aliphatic rings. The van der Waals surface area contributed by atoms with E-state index in [2.05, 4.69) is 17.6 Å². The summed E-state index contributed by atoms with van der Waals surface area (Å²) in [5.41, 5.74) is 0.950. The van der Waals surface area contributed by atoms with E-state index in [4.69, 9.17) is 5.11 Å². The second-order valence-corrected chi connectivity index (χ2v) is 5.85. The number of nitrogens with zero attached hydrogens (tertiary/aromatic N) is 3. The van der Waals surface area contributed by atoms with Crippen LogP contribution in [0.4, 0.5) is 10.5 Å². The highest BCUT2D eigenvalue weighted by Crippen LogP contribution is 2.18. The fourth-order valence-electron chi connectivity index (χ4n) is 2.41. The number of carbonyl (C=O) groups is 1. The molecule has 0 bridgehead atoms. The van der Waals surface area contributed by atoms with Gasteiger partial charge < -0.3 is 10.0 Å². The zero-order chi connectivity index (χ0) is 16.1. The van der Waals surface area contributed by atoms with Crippen LogP contribution in [0.5, 0.6) is 0 Å². The first-order valence-corrected chi connectivity index (χ1v) is 7.44. The van der Waals surface area contributed by atoms with Crippen LogP contribution in [0.1, 0.15) is 18.4 Å². The Morgan fingerprint density at radius 3 is 2.64 bits per heavy atom. The van der Waals surface area contributed by atoms with Crippen LogP contribution in [0.15, 0.2) is 29.3 Å². The van der Waals surface area contributed by atoms with Crippen molar-refractivity contribution in [3.63, 3.8) is 0 Å². The lowest BCUT2D eigenvalue weighted by atomic mass is 10.1. The molecule has 118 valence electrons. The van der Waals surface area contributed by atoms with Crippen molar-refractivity contribution in [2.24, 2.45) is 4.99 Å². The topological polar surface area (TPSA) is 96.0 Å². The number of hydrogen-bond acceptors (Lipinski definition) is 4. The Morgan fingerprint density at radius 2 is 2.14 bits per heavy atom. The molecule has 1 heterocycles. The Kier molecular flexibility index (Phi) is 5.37. The number of aliphatic imine (C=N–C) groups is 1. The second-order valence-electron chi connectivity index (χ2n) is 5.12. The minimum Gasteiger partial charge on any atom is -0.463 e. The predicted molar refractivity (Wildman–Crippen MR) is 85.8 cm³/mol. The largest absolute Gasteiger partial charge is 0.463 e. The molecule has 1 aromatic carbocycles. The summed E-state index contributed by atoms with van der Waals surface area (Å²) in [5, 5.41) is 19.7. The Bertz CT molecular complexity index is 588. The summed E-state index contributed by atoms with van der Waals surface area (Å²) in [6.07, 6.45) is 0.753. The van der Waals surface area contributed by atoms with Crippen LogP contribution in [-0.4, -0.2) is 45.2 Å². The number of benzene rings is 1. The molecule has 1 saturated heterocycles. The SMILES string of the molecule is O=C(O)/N=C(/CCc1ccc([N+](=O)[O-])cc1)N1CC[C@H](S)C1. The molecule has 1 aromatic rings. The van der Waals surface area contributed by atoms with Gasteiger partial charge in [0.1, 0.15) is 5.84 Å². The Balaban J connectivity index is 2.02. The number of likely N-dealkylation sites (tertiary alicyclic amines) is 1. The third-order valence-electron chi connectivity index (χ3n) is 3.54. The van der Waals surface area contributed by atoms with E-state index in [1.807, 2.05) is 4.90 Å². The summed E-state index contributed by atoms with van der Waals surface area (Å²) in [7, 11) is 0. The summed E-state index contributed by atoms with van der Waals surface area (Å²) < 4.78 is 0. The number of amides is 1. The van der Waals surface area contributed by atoms with E-state index >= 15 is 0 Å². The van der Waals surface area contributed by atoms with E-state index < -0.39 is 11.0 Å². The summed E-state index contributed by atoms with van der Waals surface area (Å²) >= 11 is 4.40. The number of amidine groups is 1. The Hall–Kier alpha value is -2.09. The zero-order valence-electron chi connectivity index (χ0n) is 11.9. The number of carboxylic acid groups (broad SMARTS) is 1. The molecule has 0 saturated carbocycles. The van der Waals surface area contributed by atoms with Crippen LogP contribution in [0.2, 0.25) is 0 Å². The lowest BCUT2D eigenvalue weighted by molar-refractivity contribution is -0.384. The molecule has 1 N–H and O–H groups in total. The third-order valence-corrected chi connectivity index (χ3v) is 3.96. The number of aryl methyl sites for hydroxylation is 1. The lowest BCUT2D eigenvalue weighted by Gasteiger charge is -2.19. The highest BCUT2D eigenvalue weighted by Gasteiger charge is 2.23. The van der Waals surface area contributed by atoms with Crippen molar-refractivity contribution in [3.8, 4) is 0 Å². The molecule has 22 heavy (non-hydrogen) atoms. The van der Waals surface area contributed by atoms with Gasteiger partial charge in [-0.2, -0.15) is 17.6 Å². The van der Waals surface area contributed by atoms with Crippen LogP contribution in [0, 0.1) is 10.1 Å². The molecule has 1 atom stereocenters. The summed E-state index contributed by atoms with van der Waals surface area (Å²) in [6.45, 7) is 1.44. The maximum atomic E-state index is 10.9. The molecular formula is C14H17N3O4S. The number of non-ortho nitro benzene ring substituents is 1. The third kappa shape index (κ3) is 4.45. The summed E-state index contributed by atoms with van der Waals surface area (Å²) in [5.74, 6) is 0.530. The molecular weight excluding hydrogens is 306 g/mol. The van der Waals surface area contributed by atoms with Gasteiger partial charge in [-0.15, -0.1) is 0 Å². The summed E-state index contributed by atoms with van der Waals surface area (Å²) in [4.78, 5) is 26.6. The van der Waals surface area contributed by atoms with Crippen LogP contribution in [-0.2, 0) is 6.42 Å². The Labute approximate surface area is 133 Å². The van der Waals surface area contributed by atoms with Crippen molar-refractivity contribution in [1.82, 2.24) is 4.90 Å². The fraction of sp³-hybridized carbons (Fsp3) is 0.429. The molecule has 0 radical (unpaired) electrons. The standard InChI is InChI=1S/C14H17N3O4S/c18-14(19)15-13(16-8-7-12(22)9-16)6-3-10-1-4-11(5-2-10)17(20)21/h1-2,4-5,12,22H,3,6-9H2,(H,18,19)/b15-13-/t12-/m0/s1. The maximum Gasteiger partial charge on any atom is 0.432 e. The first kappa shape index (κ1) is 16.3. The highest BCUT2D eigenvalue weighted by atomic mass is 32.1. The van der Waals surface area contributed by atoms with E-state index in [0.29, 0.717) is 25.2 Å². The Morgan fingerprint density at radius 1 is 1.45 bits per heavy atom. The zero-order valence-corrected chi connectivity index (χ0v) is 12.8. The number of nitro benzene ring substituents is 1. The molecule has 1 fully saturated rings. The quantitative estimate of drug-likeness (QED) is 0.292. The maximum absolute atomic E-state index is 10.9. The first-order valence-electron chi connectivity index (χ1n) is 6.92. The summed E-state index contributed by atoms with van der Waals surface area (Å²) in [6, 6.07) is 6.26. The molecule has 0 aliphatic carbocycles. The van der Waals surface area contributed by atoms with E-state index in [1.54, 1.807) is 12.1 Å². The van der Waals surface area contributed by atoms with Crippen molar-refractivity contribution in [2.45, 2.75) is 24.5 Å². The number of hydrogen-bond donors (Lipinski definition) is 2. The molecule has 7 nitrogen and oxygen atoms in total. The van der Waals surface area contributed by atoms with Crippen LogP contribution < -0.4 is 0 Å². The van der Waals surface area contributed by atoms with Gasteiger partial charge in [0.15, 0.2) is 0 Å².